The number of nitroso groups, excluding NO2 is 1. The quantitative estimate of drug-likeness (QED) is 0.548. The van der Waals surface area contributed by atoms with Crippen LogP contribution in [0.1, 0.15) is 25.7 Å². The minimum absolute atomic E-state index is 0.365. The highest BCUT2D eigenvalue weighted by molar-refractivity contribution is 4.72. The molecule has 1 saturated carbocycles. The van der Waals surface area contributed by atoms with E-state index in [2.05, 4.69) is 5.18 Å². The Morgan fingerprint density at radius 3 is 2.40 bits per heavy atom. The second kappa shape index (κ2) is 3.64. The minimum atomic E-state index is -0.622. The maximum atomic E-state index is 12.5. The van der Waals surface area contributed by atoms with Gasteiger partial charge in [0.25, 0.3) is 0 Å². The first-order chi connectivity index (χ1) is 4.83. The summed E-state index contributed by atoms with van der Waals surface area (Å²) in [5.74, 6) is 0.365. The van der Waals surface area contributed by atoms with Crippen molar-refractivity contribution in [3.05, 3.63) is 4.91 Å². The van der Waals surface area contributed by atoms with E-state index in [1.807, 2.05) is 0 Å². The Bertz CT molecular complexity index is 110. The Morgan fingerprint density at radius 2 is 1.90 bits per heavy atom. The van der Waals surface area contributed by atoms with Gasteiger partial charge in [-0.1, -0.05) is 5.18 Å². The fourth-order valence-corrected chi connectivity index (χ4v) is 1.41. The third-order valence-corrected chi connectivity index (χ3v) is 2.11. The van der Waals surface area contributed by atoms with E-state index in [4.69, 9.17) is 0 Å². The minimum Gasteiger partial charge on any atom is -0.247 e. The van der Waals surface area contributed by atoms with E-state index in [1.54, 1.807) is 0 Å². The Morgan fingerprint density at radius 1 is 1.30 bits per heavy atom. The monoisotopic (exact) mass is 145 g/mol. The lowest BCUT2D eigenvalue weighted by Crippen LogP contribution is -2.16. The van der Waals surface area contributed by atoms with E-state index >= 15 is 0 Å². The first kappa shape index (κ1) is 7.63. The molecule has 1 aliphatic rings. The van der Waals surface area contributed by atoms with Crippen LogP contribution in [0.4, 0.5) is 4.39 Å². The van der Waals surface area contributed by atoms with Gasteiger partial charge in [0.05, 0.1) is 6.54 Å². The molecular formula is C7H12FNO. The van der Waals surface area contributed by atoms with Crippen molar-refractivity contribution in [3.63, 3.8) is 0 Å². The number of rotatable bonds is 2. The third-order valence-electron chi connectivity index (χ3n) is 2.11. The van der Waals surface area contributed by atoms with Crippen LogP contribution < -0.4 is 0 Å². The number of hydrogen-bond donors (Lipinski definition) is 0. The molecule has 58 valence electrons. The SMILES string of the molecule is O=NCC1CCC(F)CC1. The zero-order chi connectivity index (χ0) is 7.40. The second-order valence-electron chi connectivity index (χ2n) is 2.93. The Kier molecular flexibility index (Phi) is 2.78. The molecule has 0 spiro atoms. The van der Waals surface area contributed by atoms with Crippen molar-refractivity contribution in [2.24, 2.45) is 11.1 Å². The van der Waals surface area contributed by atoms with Crippen molar-refractivity contribution >= 4 is 0 Å². The molecule has 2 nitrogen and oxygen atoms in total. The zero-order valence-electron chi connectivity index (χ0n) is 5.92. The van der Waals surface area contributed by atoms with Crippen LogP contribution in [0, 0.1) is 10.8 Å². The molecule has 0 aliphatic heterocycles. The van der Waals surface area contributed by atoms with Crippen LogP contribution in [-0.2, 0) is 0 Å². The summed E-state index contributed by atoms with van der Waals surface area (Å²) in [6, 6.07) is 0. The highest BCUT2D eigenvalue weighted by atomic mass is 19.1. The molecule has 1 fully saturated rings. The summed E-state index contributed by atoms with van der Waals surface area (Å²) in [6.45, 7) is 0.382. The van der Waals surface area contributed by atoms with Crippen molar-refractivity contribution in [1.82, 2.24) is 0 Å². The molecule has 3 heteroatoms. The van der Waals surface area contributed by atoms with E-state index in [0.717, 1.165) is 12.8 Å². The lowest BCUT2D eigenvalue weighted by atomic mass is 9.88. The number of hydrogen-bond acceptors (Lipinski definition) is 2. The molecule has 1 rings (SSSR count). The summed E-state index contributed by atoms with van der Waals surface area (Å²) < 4.78 is 12.5. The topological polar surface area (TPSA) is 29.4 Å². The predicted molar refractivity (Wildman–Crippen MR) is 37.5 cm³/mol. The highest BCUT2D eigenvalue weighted by Crippen LogP contribution is 2.25. The molecule has 0 amide bonds. The molecule has 0 saturated heterocycles. The van der Waals surface area contributed by atoms with Crippen molar-refractivity contribution in [3.8, 4) is 0 Å². The first-order valence-corrected chi connectivity index (χ1v) is 3.76. The van der Waals surface area contributed by atoms with Crippen molar-refractivity contribution < 1.29 is 4.39 Å². The summed E-state index contributed by atoms with van der Waals surface area (Å²) in [7, 11) is 0. The highest BCUT2D eigenvalue weighted by Gasteiger charge is 2.20. The van der Waals surface area contributed by atoms with E-state index in [1.165, 1.54) is 0 Å². The summed E-state index contributed by atoms with van der Waals surface area (Å²) in [4.78, 5) is 9.81. The molecule has 0 N–H and O–H groups in total. The van der Waals surface area contributed by atoms with Crippen LogP contribution in [0.5, 0.6) is 0 Å². The van der Waals surface area contributed by atoms with Gasteiger partial charge < -0.3 is 0 Å². The zero-order valence-corrected chi connectivity index (χ0v) is 5.92. The van der Waals surface area contributed by atoms with Gasteiger partial charge in [-0.15, -0.1) is 0 Å². The van der Waals surface area contributed by atoms with Gasteiger partial charge in [0.15, 0.2) is 0 Å². The van der Waals surface area contributed by atoms with Crippen LogP contribution in [0.15, 0.2) is 5.18 Å². The predicted octanol–water partition coefficient (Wildman–Crippen LogP) is 2.28. The molecule has 0 atom stereocenters. The lowest BCUT2D eigenvalue weighted by molar-refractivity contribution is 0.210. The number of nitrogens with zero attached hydrogens (tertiary/aromatic N) is 1. The summed E-state index contributed by atoms with van der Waals surface area (Å²) in [5, 5.41) is 2.81. The molecule has 0 aromatic heterocycles. The number of alkyl halides is 1. The second-order valence-corrected chi connectivity index (χ2v) is 2.93. The standard InChI is InChI=1S/C7H12FNO/c8-7-3-1-6(2-4-7)5-9-10/h6-7H,1-5H2. The normalized spacial score (nSPS) is 33.7. The van der Waals surface area contributed by atoms with Crippen LogP contribution in [0.25, 0.3) is 0 Å². The van der Waals surface area contributed by atoms with Crippen molar-refractivity contribution in [1.29, 1.82) is 0 Å². The van der Waals surface area contributed by atoms with E-state index in [-0.39, 0.29) is 0 Å². The summed E-state index contributed by atoms with van der Waals surface area (Å²) in [5.41, 5.74) is 0. The maximum absolute atomic E-state index is 12.5. The molecule has 0 aromatic rings. The van der Waals surface area contributed by atoms with Gasteiger partial charge in [-0.05, 0) is 31.6 Å². The fourth-order valence-electron chi connectivity index (χ4n) is 1.41. The molecule has 0 bridgehead atoms. The largest absolute Gasteiger partial charge is 0.247 e. The van der Waals surface area contributed by atoms with Crippen molar-refractivity contribution in [2.75, 3.05) is 6.54 Å². The Balaban J connectivity index is 2.19. The van der Waals surface area contributed by atoms with Gasteiger partial charge in [0.2, 0.25) is 0 Å². The molecule has 0 aromatic carbocycles. The Labute approximate surface area is 59.8 Å². The van der Waals surface area contributed by atoms with Gasteiger partial charge in [-0.25, -0.2) is 4.39 Å². The van der Waals surface area contributed by atoms with Crippen LogP contribution in [0.2, 0.25) is 0 Å². The lowest BCUT2D eigenvalue weighted by Gasteiger charge is -2.21. The smallest absolute Gasteiger partial charge is 0.100 e. The van der Waals surface area contributed by atoms with Crippen LogP contribution >= 0.6 is 0 Å². The van der Waals surface area contributed by atoms with Gasteiger partial charge in [-0.2, -0.15) is 4.91 Å². The van der Waals surface area contributed by atoms with Crippen molar-refractivity contribution in [2.45, 2.75) is 31.9 Å². The first-order valence-electron chi connectivity index (χ1n) is 3.76. The summed E-state index contributed by atoms with van der Waals surface area (Å²) >= 11 is 0. The fraction of sp³-hybridized carbons (Fsp3) is 1.00. The third kappa shape index (κ3) is 2.05. The maximum Gasteiger partial charge on any atom is 0.100 e. The Hall–Kier alpha value is -0.470. The molecular weight excluding hydrogens is 133 g/mol. The molecule has 10 heavy (non-hydrogen) atoms. The van der Waals surface area contributed by atoms with Crippen LogP contribution in [-0.4, -0.2) is 12.7 Å². The van der Waals surface area contributed by atoms with Gasteiger partial charge in [0.1, 0.15) is 6.17 Å². The van der Waals surface area contributed by atoms with E-state index < -0.39 is 6.17 Å². The number of halogens is 1. The van der Waals surface area contributed by atoms with Gasteiger partial charge in [-0.3, -0.25) is 0 Å². The summed E-state index contributed by atoms with van der Waals surface area (Å²) in [6.07, 6.45) is 2.31. The molecule has 0 unspecified atom stereocenters. The van der Waals surface area contributed by atoms with Gasteiger partial charge in [0, 0.05) is 0 Å². The van der Waals surface area contributed by atoms with E-state index in [0.29, 0.717) is 25.3 Å². The molecule has 0 radical (unpaired) electrons. The van der Waals surface area contributed by atoms with E-state index in [9.17, 15) is 9.30 Å². The van der Waals surface area contributed by atoms with Crippen LogP contribution in [0.3, 0.4) is 0 Å². The average molecular weight is 145 g/mol. The average Bonchev–Trinajstić information content (AvgIpc) is 1.95. The van der Waals surface area contributed by atoms with Gasteiger partial charge >= 0.3 is 0 Å². The molecule has 1 aliphatic carbocycles. The molecule has 0 heterocycles.